The summed E-state index contributed by atoms with van der Waals surface area (Å²) >= 11 is 0. The van der Waals surface area contributed by atoms with E-state index >= 15 is 0 Å². The van der Waals surface area contributed by atoms with Crippen molar-refractivity contribution < 1.29 is 4.79 Å². The number of rotatable bonds is 3. The number of aromatic amines is 1. The molecule has 4 rings (SSSR count). The highest BCUT2D eigenvalue weighted by molar-refractivity contribution is 5.78. The highest BCUT2D eigenvalue weighted by atomic mass is 16.2. The van der Waals surface area contributed by atoms with Gasteiger partial charge in [0.15, 0.2) is 0 Å². The molecule has 6 nitrogen and oxygen atoms in total. The Morgan fingerprint density at radius 2 is 2.12 bits per heavy atom. The molecule has 0 bridgehead atoms. The second kappa shape index (κ2) is 6.02. The average Bonchev–Trinajstić information content (AvgIpc) is 3.25. The first kappa shape index (κ1) is 15.9. The topological polar surface area (TPSA) is 66.8 Å². The van der Waals surface area contributed by atoms with Crippen LogP contribution in [0.4, 0.5) is 0 Å². The van der Waals surface area contributed by atoms with Gasteiger partial charge in [-0.2, -0.15) is 5.10 Å². The molecule has 3 heterocycles. The number of benzene rings is 1. The summed E-state index contributed by atoms with van der Waals surface area (Å²) in [6.45, 7) is 7.06. The third-order valence-corrected chi connectivity index (χ3v) is 4.93. The largest absolute Gasteiger partial charge is 0.340 e. The van der Waals surface area contributed by atoms with E-state index in [1.165, 1.54) is 5.56 Å². The lowest BCUT2D eigenvalue weighted by Gasteiger charge is -2.23. The first-order chi connectivity index (χ1) is 12.0. The Morgan fingerprint density at radius 1 is 1.28 bits per heavy atom. The summed E-state index contributed by atoms with van der Waals surface area (Å²) < 4.78 is 1.79. The van der Waals surface area contributed by atoms with Gasteiger partial charge < -0.3 is 9.88 Å². The maximum atomic E-state index is 12.9. The zero-order chi connectivity index (χ0) is 17.6. The van der Waals surface area contributed by atoms with Crippen molar-refractivity contribution in [3.8, 4) is 0 Å². The van der Waals surface area contributed by atoms with E-state index in [1.807, 2.05) is 30.9 Å². The van der Waals surface area contributed by atoms with Gasteiger partial charge in [0, 0.05) is 12.2 Å². The van der Waals surface area contributed by atoms with E-state index in [2.05, 4.69) is 29.1 Å². The number of hydrogen-bond acceptors (Lipinski definition) is 3. The number of carbonyl (C=O) groups is 1. The van der Waals surface area contributed by atoms with Crippen LogP contribution >= 0.6 is 0 Å². The smallest absolute Gasteiger partial charge is 0.244 e. The Hall–Kier alpha value is -2.63. The number of imidazole rings is 1. The van der Waals surface area contributed by atoms with E-state index in [-0.39, 0.29) is 18.5 Å². The molecule has 2 aromatic heterocycles. The number of likely N-dealkylation sites (tertiary alicyclic amines) is 1. The van der Waals surface area contributed by atoms with Gasteiger partial charge in [0.05, 0.1) is 22.8 Å². The van der Waals surface area contributed by atoms with Crippen LogP contribution in [0.25, 0.3) is 11.0 Å². The number of H-pyrrole nitrogens is 1. The van der Waals surface area contributed by atoms with E-state index in [0.29, 0.717) is 0 Å². The molecule has 0 aliphatic carbocycles. The Balaban J connectivity index is 1.58. The van der Waals surface area contributed by atoms with Gasteiger partial charge in [0.2, 0.25) is 5.91 Å². The third-order valence-electron chi connectivity index (χ3n) is 4.93. The number of nitrogens with zero attached hydrogens (tertiary/aromatic N) is 4. The van der Waals surface area contributed by atoms with Crippen LogP contribution in [-0.2, 0) is 11.3 Å². The number of amides is 1. The van der Waals surface area contributed by atoms with Crippen molar-refractivity contribution in [2.24, 2.45) is 0 Å². The first-order valence-corrected chi connectivity index (χ1v) is 8.78. The van der Waals surface area contributed by atoms with Crippen molar-refractivity contribution in [3.05, 3.63) is 47.0 Å². The number of aryl methyl sites for hydroxylation is 3. The van der Waals surface area contributed by atoms with Crippen LogP contribution in [0.15, 0.2) is 24.3 Å². The summed E-state index contributed by atoms with van der Waals surface area (Å²) in [6.07, 6.45) is 1.95. The van der Waals surface area contributed by atoms with Crippen LogP contribution in [-0.4, -0.2) is 37.1 Å². The Bertz CT molecular complexity index is 939. The molecule has 0 spiro atoms. The van der Waals surface area contributed by atoms with Gasteiger partial charge in [-0.05, 0) is 57.4 Å². The molecule has 6 heteroatoms. The SMILES string of the molecule is Cc1ccc2nc(C3CCCN3C(=O)Cn3nc(C)cc3C)[nH]c2c1. The Labute approximate surface area is 146 Å². The summed E-state index contributed by atoms with van der Waals surface area (Å²) in [6, 6.07) is 8.21. The summed E-state index contributed by atoms with van der Waals surface area (Å²) in [5.74, 6) is 0.991. The van der Waals surface area contributed by atoms with Gasteiger partial charge >= 0.3 is 0 Å². The van der Waals surface area contributed by atoms with Crippen molar-refractivity contribution in [1.29, 1.82) is 0 Å². The van der Waals surface area contributed by atoms with Crippen molar-refractivity contribution in [2.45, 2.75) is 46.2 Å². The Kier molecular flexibility index (Phi) is 3.82. The minimum absolute atomic E-state index is 0.0252. The molecule has 1 unspecified atom stereocenters. The summed E-state index contributed by atoms with van der Waals surface area (Å²) in [5, 5.41) is 4.41. The number of fused-ring (bicyclic) bond motifs is 1. The maximum absolute atomic E-state index is 12.9. The monoisotopic (exact) mass is 337 g/mol. The van der Waals surface area contributed by atoms with Crippen LogP contribution in [0.2, 0.25) is 0 Å². The van der Waals surface area contributed by atoms with Crippen molar-refractivity contribution in [1.82, 2.24) is 24.6 Å². The molecule has 130 valence electrons. The van der Waals surface area contributed by atoms with Gasteiger partial charge in [-0.25, -0.2) is 4.98 Å². The summed E-state index contributed by atoms with van der Waals surface area (Å²) in [7, 11) is 0. The fourth-order valence-electron chi connectivity index (χ4n) is 3.70. The quantitative estimate of drug-likeness (QED) is 0.799. The van der Waals surface area contributed by atoms with Crippen molar-refractivity contribution >= 4 is 16.9 Å². The zero-order valence-corrected chi connectivity index (χ0v) is 14.9. The predicted molar refractivity (Wildman–Crippen MR) is 96.2 cm³/mol. The van der Waals surface area contributed by atoms with Gasteiger partial charge in [0.1, 0.15) is 12.4 Å². The molecule has 1 aromatic carbocycles. The predicted octanol–water partition coefficient (Wildman–Crippen LogP) is 3.05. The molecule has 0 saturated carbocycles. The molecule has 1 N–H and O–H groups in total. The Morgan fingerprint density at radius 3 is 2.88 bits per heavy atom. The molecule has 1 aliphatic heterocycles. The minimum atomic E-state index is 0.0252. The van der Waals surface area contributed by atoms with Crippen LogP contribution in [0.3, 0.4) is 0 Å². The van der Waals surface area contributed by atoms with E-state index in [1.54, 1.807) is 4.68 Å². The first-order valence-electron chi connectivity index (χ1n) is 8.78. The minimum Gasteiger partial charge on any atom is -0.340 e. The van der Waals surface area contributed by atoms with Crippen LogP contribution < -0.4 is 0 Å². The lowest BCUT2D eigenvalue weighted by Crippen LogP contribution is -2.34. The van der Waals surface area contributed by atoms with Gasteiger partial charge in [-0.15, -0.1) is 0 Å². The molecule has 1 atom stereocenters. The molecule has 1 aliphatic rings. The fourth-order valence-corrected chi connectivity index (χ4v) is 3.70. The van der Waals surface area contributed by atoms with Crippen LogP contribution in [0.1, 0.15) is 41.7 Å². The van der Waals surface area contributed by atoms with E-state index < -0.39 is 0 Å². The molecule has 1 fully saturated rings. The standard InChI is InChI=1S/C19H23N5O/c1-12-6-7-15-16(9-12)21-19(20-15)17-5-4-8-23(17)18(25)11-24-14(3)10-13(2)22-24/h6-7,9-10,17H,4-5,8,11H2,1-3H3,(H,20,21). The van der Waals surface area contributed by atoms with Gasteiger partial charge in [-0.3, -0.25) is 9.48 Å². The molecule has 1 amide bonds. The normalized spacial score (nSPS) is 17.6. The van der Waals surface area contributed by atoms with Gasteiger partial charge in [0.25, 0.3) is 0 Å². The summed E-state index contributed by atoms with van der Waals surface area (Å²) in [4.78, 5) is 22.9. The second-order valence-corrected chi connectivity index (χ2v) is 6.97. The van der Waals surface area contributed by atoms with E-state index in [4.69, 9.17) is 4.98 Å². The highest BCUT2D eigenvalue weighted by Crippen LogP contribution is 2.31. The van der Waals surface area contributed by atoms with Gasteiger partial charge in [-0.1, -0.05) is 6.07 Å². The molecule has 0 radical (unpaired) electrons. The molecular formula is C19H23N5O. The highest BCUT2D eigenvalue weighted by Gasteiger charge is 2.32. The number of carbonyl (C=O) groups excluding carboxylic acids is 1. The van der Waals surface area contributed by atoms with E-state index in [0.717, 1.165) is 47.6 Å². The lowest BCUT2D eigenvalue weighted by molar-refractivity contribution is -0.133. The summed E-state index contributed by atoms with van der Waals surface area (Å²) in [5.41, 5.74) is 5.15. The maximum Gasteiger partial charge on any atom is 0.244 e. The van der Waals surface area contributed by atoms with E-state index in [9.17, 15) is 4.79 Å². The molecular weight excluding hydrogens is 314 g/mol. The second-order valence-electron chi connectivity index (χ2n) is 6.97. The zero-order valence-electron chi connectivity index (χ0n) is 14.9. The lowest BCUT2D eigenvalue weighted by atomic mass is 10.2. The van der Waals surface area contributed by atoms with Crippen LogP contribution in [0, 0.1) is 20.8 Å². The number of hydrogen-bond donors (Lipinski definition) is 1. The number of nitrogens with one attached hydrogen (secondary N) is 1. The van der Waals surface area contributed by atoms with Crippen molar-refractivity contribution in [3.63, 3.8) is 0 Å². The number of aromatic nitrogens is 4. The molecule has 25 heavy (non-hydrogen) atoms. The average molecular weight is 337 g/mol. The molecule has 1 saturated heterocycles. The third kappa shape index (κ3) is 2.92. The van der Waals surface area contributed by atoms with Crippen LogP contribution in [0.5, 0.6) is 0 Å². The fraction of sp³-hybridized carbons (Fsp3) is 0.421. The molecule has 3 aromatic rings. The van der Waals surface area contributed by atoms with Crippen molar-refractivity contribution in [2.75, 3.05) is 6.54 Å².